The van der Waals surface area contributed by atoms with Gasteiger partial charge in [-0.15, -0.1) is 0 Å². The van der Waals surface area contributed by atoms with E-state index in [0.717, 1.165) is 0 Å². The van der Waals surface area contributed by atoms with E-state index in [-0.39, 0.29) is 35.9 Å². The molecule has 2 atom stereocenters. The fraction of sp³-hybridized carbons (Fsp3) is 0.875. The Bertz CT molecular complexity index is 324. The van der Waals surface area contributed by atoms with E-state index < -0.39 is 0 Å². The van der Waals surface area contributed by atoms with Crippen LogP contribution in [0, 0.1) is 11.8 Å². The van der Waals surface area contributed by atoms with Gasteiger partial charge in [-0.3, -0.25) is 19.4 Å². The van der Waals surface area contributed by atoms with Crippen molar-refractivity contribution in [3.8, 4) is 0 Å². The van der Waals surface area contributed by atoms with Gasteiger partial charge in [0.1, 0.15) is 12.1 Å². The molecule has 0 radical (unpaired) electrons. The second-order valence-electron chi connectivity index (χ2n) is 6.39. The first-order valence-corrected chi connectivity index (χ1v) is 7.73. The van der Waals surface area contributed by atoms with Crippen molar-refractivity contribution in [1.29, 1.82) is 0 Å². The Kier molecular flexibility index (Phi) is 9.28. The summed E-state index contributed by atoms with van der Waals surface area (Å²) < 4.78 is 9.75. The Morgan fingerprint density at radius 2 is 1.05 bits per heavy atom. The number of carbonyl (C=O) groups is 2. The Morgan fingerprint density at radius 3 is 1.23 bits per heavy atom. The van der Waals surface area contributed by atoms with Crippen molar-refractivity contribution in [1.82, 2.24) is 9.80 Å². The zero-order valence-corrected chi connectivity index (χ0v) is 15.3. The first-order valence-electron chi connectivity index (χ1n) is 7.73. The summed E-state index contributed by atoms with van der Waals surface area (Å²) in [5.41, 5.74) is 0. The lowest BCUT2D eigenvalue weighted by Gasteiger charge is -2.33. The van der Waals surface area contributed by atoms with Crippen molar-refractivity contribution >= 4 is 11.9 Å². The third-order valence-corrected chi connectivity index (χ3v) is 3.90. The van der Waals surface area contributed by atoms with Gasteiger partial charge in [0.2, 0.25) is 0 Å². The number of nitrogens with zero attached hydrogens (tertiary/aromatic N) is 2. The monoisotopic (exact) mass is 316 g/mol. The van der Waals surface area contributed by atoms with Crippen molar-refractivity contribution < 1.29 is 19.1 Å². The molecule has 0 unspecified atom stereocenters. The van der Waals surface area contributed by atoms with Crippen LogP contribution in [0.25, 0.3) is 0 Å². The summed E-state index contributed by atoms with van der Waals surface area (Å²) in [5.74, 6) is -0.143. The van der Waals surface area contributed by atoms with E-state index in [9.17, 15) is 9.59 Å². The SMILES string of the molecule is COC(=O)[C@H](C(C)C)N(C)CCN(C)[C@H](C(=O)OC)C(C)C. The van der Waals surface area contributed by atoms with Crippen LogP contribution in [0.3, 0.4) is 0 Å². The molecule has 0 saturated carbocycles. The molecule has 0 N–H and O–H groups in total. The molecule has 22 heavy (non-hydrogen) atoms. The number of ether oxygens (including phenoxy) is 2. The molecule has 0 aliphatic heterocycles. The maximum Gasteiger partial charge on any atom is 0.323 e. The van der Waals surface area contributed by atoms with E-state index in [1.165, 1.54) is 14.2 Å². The molecular formula is C16H32N2O4. The van der Waals surface area contributed by atoms with E-state index in [2.05, 4.69) is 0 Å². The predicted molar refractivity (Wildman–Crippen MR) is 86.5 cm³/mol. The Morgan fingerprint density at radius 1 is 0.773 bits per heavy atom. The Hall–Kier alpha value is -1.14. The highest BCUT2D eigenvalue weighted by Crippen LogP contribution is 2.13. The van der Waals surface area contributed by atoms with E-state index in [4.69, 9.17) is 9.47 Å². The molecule has 0 saturated heterocycles. The molecule has 6 heteroatoms. The van der Waals surface area contributed by atoms with Crippen molar-refractivity contribution in [2.24, 2.45) is 11.8 Å². The van der Waals surface area contributed by atoms with Gasteiger partial charge >= 0.3 is 11.9 Å². The molecule has 6 nitrogen and oxygen atoms in total. The molecule has 0 spiro atoms. The minimum absolute atomic E-state index is 0.157. The first kappa shape index (κ1) is 20.9. The Balaban J connectivity index is 4.75. The summed E-state index contributed by atoms with van der Waals surface area (Å²) in [6.07, 6.45) is 0. The highest BCUT2D eigenvalue weighted by atomic mass is 16.5. The number of hydrogen-bond acceptors (Lipinski definition) is 6. The van der Waals surface area contributed by atoms with Crippen LogP contribution in [0.15, 0.2) is 0 Å². The second-order valence-corrected chi connectivity index (χ2v) is 6.39. The van der Waals surface area contributed by atoms with Gasteiger partial charge in [-0.2, -0.15) is 0 Å². The highest BCUT2D eigenvalue weighted by Gasteiger charge is 2.30. The molecule has 0 rings (SSSR count). The number of likely N-dealkylation sites (N-methyl/N-ethyl adjacent to an activating group) is 2. The standard InChI is InChI=1S/C16H32N2O4/c1-11(2)13(15(19)21-7)17(5)9-10-18(6)14(12(3)4)16(20)22-8/h11-14H,9-10H2,1-8H3/t13-,14-/m0/s1. The molecule has 0 heterocycles. The van der Waals surface area contributed by atoms with Crippen molar-refractivity contribution in [2.75, 3.05) is 41.4 Å². The van der Waals surface area contributed by atoms with Crippen LogP contribution in [-0.4, -0.2) is 75.2 Å². The van der Waals surface area contributed by atoms with Gasteiger partial charge in [-0.1, -0.05) is 27.7 Å². The highest BCUT2D eigenvalue weighted by molar-refractivity contribution is 5.76. The van der Waals surface area contributed by atoms with E-state index in [1.807, 2.05) is 51.6 Å². The molecular weight excluding hydrogens is 284 g/mol. The van der Waals surface area contributed by atoms with Crippen LogP contribution in [0.5, 0.6) is 0 Å². The van der Waals surface area contributed by atoms with Gasteiger partial charge in [-0.25, -0.2) is 0 Å². The zero-order chi connectivity index (χ0) is 17.4. The lowest BCUT2D eigenvalue weighted by Crippen LogP contribution is -2.49. The summed E-state index contributed by atoms with van der Waals surface area (Å²) in [6.45, 7) is 9.30. The first-order chi connectivity index (χ1) is 10.2. The summed E-state index contributed by atoms with van der Waals surface area (Å²) in [6, 6.07) is -0.567. The minimum atomic E-state index is -0.283. The third kappa shape index (κ3) is 5.93. The molecule has 0 aliphatic rings. The van der Waals surface area contributed by atoms with Gasteiger partial charge in [-0.05, 0) is 25.9 Å². The fourth-order valence-corrected chi connectivity index (χ4v) is 2.76. The lowest BCUT2D eigenvalue weighted by molar-refractivity contribution is -0.150. The van der Waals surface area contributed by atoms with Crippen molar-refractivity contribution in [3.05, 3.63) is 0 Å². The Labute approximate surface area is 134 Å². The summed E-state index contributed by atoms with van der Waals surface area (Å²) in [7, 11) is 6.61. The quantitative estimate of drug-likeness (QED) is 0.597. The van der Waals surface area contributed by atoms with E-state index in [1.54, 1.807) is 0 Å². The van der Waals surface area contributed by atoms with Crippen LogP contribution < -0.4 is 0 Å². The number of methoxy groups -OCH3 is 2. The molecule has 0 bridgehead atoms. The van der Waals surface area contributed by atoms with Gasteiger partial charge < -0.3 is 9.47 Å². The predicted octanol–water partition coefficient (Wildman–Crippen LogP) is 1.25. The molecule has 0 aromatic carbocycles. The molecule has 130 valence electrons. The van der Waals surface area contributed by atoms with Crippen molar-refractivity contribution in [2.45, 2.75) is 39.8 Å². The largest absolute Gasteiger partial charge is 0.468 e. The number of carbonyl (C=O) groups excluding carboxylic acids is 2. The van der Waals surface area contributed by atoms with E-state index >= 15 is 0 Å². The fourth-order valence-electron chi connectivity index (χ4n) is 2.76. The van der Waals surface area contributed by atoms with Gasteiger partial charge in [0.05, 0.1) is 14.2 Å². The summed E-state index contributed by atoms with van der Waals surface area (Å²) in [5, 5.41) is 0. The van der Waals surface area contributed by atoms with E-state index in [0.29, 0.717) is 13.1 Å². The smallest absolute Gasteiger partial charge is 0.323 e. The van der Waals surface area contributed by atoms with Gasteiger partial charge in [0.25, 0.3) is 0 Å². The third-order valence-electron chi connectivity index (χ3n) is 3.90. The maximum atomic E-state index is 11.9. The number of hydrogen-bond donors (Lipinski definition) is 0. The maximum absolute atomic E-state index is 11.9. The summed E-state index contributed by atoms with van der Waals surface area (Å²) in [4.78, 5) is 27.7. The lowest BCUT2D eigenvalue weighted by atomic mass is 10.0. The average molecular weight is 316 g/mol. The second kappa shape index (κ2) is 9.79. The van der Waals surface area contributed by atoms with Crippen LogP contribution in [0.4, 0.5) is 0 Å². The topological polar surface area (TPSA) is 59.1 Å². The van der Waals surface area contributed by atoms with Gasteiger partial charge in [0.15, 0.2) is 0 Å². The molecule has 0 fully saturated rings. The number of esters is 2. The molecule has 0 aromatic heterocycles. The molecule has 0 aliphatic carbocycles. The molecule has 0 amide bonds. The van der Waals surface area contributed by atoms with Crippen LogP contribution in [0.2, 0.25) is 0 Å². The normalized spacial score (nSPS) is 14.5. The minimum Gasteiger partial charge on any atom is -0.468 e. The number of rotatable bonds is 9. The summed E-state index contributed by atoms with van der Waals surface area (Å²) >= 11 is 0. The van der Waals surface area contributed by atoms with Crippen molar-refractivity contribution in [3.63, 3.8) is 0 Å². The molecule has 0 aromatic rings. The van der Waals surface area contributed by atoms with Crippen LogP contribution in [-0.2, 0) is 19.1 Å². The van der Waals surface area contributed by atoms with Gasteiger partial charge in [0, 0.05) is 13.1 Å². The zero-order valence-electron chi connectivity index (χ0n) is 15.3. The van der Waals surface area contributed by atoms with Crippen LogP contribution >= 0.6 is 0 Å². The average Bonchev–Trinajstić information content (AvgIpc) is 2.44. The van der Waals surface area contributed by atoms with Crippen LogP contribution in [0.1, 0.15) is 27.7 Å².